The molecule has 1 aromatic carbocycles. The minimum atomic E-state index is 0.274. The monoisotopic (exact) mass is 312 g/mol. The van der Waals surface area contributed by atoms with Crippen LogP contribution in [0.25, 0.3) is 0 Å². The van der Waals surface area contributed by atoms with Gasteiger partial charge in [0.25, 0.3) is 0 Å². The molecule has 2 nitrogen and oxygen atoms in total. The molecule has 1 aromatic rings. The topological polar surface area (TPSA) is 29.3 Å². The summed E-state index contributed by atoms with van der Waals surface area (Å²) < 4.78 is 0. The van der Waals surface area contributed by atoms with Crippen molar-refractivity contribution in [3.8, 4) is 0 Å². The van der Waals surface area contributed by atoms with Gasteiger partial charge in [-0.1, -0.05) is 35.7 Å². The molecule has 0 amide bonds. The lowest BCUT2D eigenvalue weighted by Gasteiger charge is -2.42. The average Bonchev–Trinajstić information content (AvgIpc) is 2.93. The maximum absolute atomic E-state index is 6.17. The van der Waals surface area contributed by atoms with Gasteiger partial charge in [0.05, 0.1) is 10.0 Å². The molecule has 1 saturated heterocycles. The number of likely N-dealkylation sites (tertiary alicyclic amines) is 1. The Morgan fingerprint density at radius 2 is 1.95 bits per heavy atom. The van der Waals surface area contributed by atoms with Crippen LogP contribution in [0, 0.1) is 5.92 Å². The first kappa shape index (κ1) is 14.6. The average molecular weight is 313 g/mol. The summed E-state index contributed by atoms with van der Waals surface area (Å²) in [6.07, 6.45) is 6.76. The first-order valence-corrected chi connectivity index (χ1v) is 8.37. The summed E-state index contributed by atoms with van der Waals surface area (Å²) >= 11 is 12.2. The Labute approximate surface area is 131 Å². The van der Waals surface area contributed by atoms with Gasteiger partial charge in [0.15, 0.2) is 0 Å². The summed E-state index contributed by atoms with van der Waals surface area (Å²) in [4.78, 5) is 2.63. The normalized spacial score (nSPS) is 28.4. The lowest BCUT2D eigenvalue weighted by atomic mass is 9.89. The van der Waals surface area contributed by atoms with Gasteiger partial charge in [-0.05, 0) is 55.8 Å². The van der Waals surface area contributed by atoms with E-state index in [1.807, 2.05) is 12.1 Å². The Morgan fingerprint density at radius 3 is 2.70 bits per heavy atom. The van der Waals surface area contributed by atoms with Crippen molar-refractivity contribution in [3.05, 3.63) is 33.8 Å². The number of hydrogen-bond acceptors (Lipinski definition) is 2. The largest absolute Gasteiger partial charge is 0.329 e. The van der Waals surface area contributed by atoms with E-state index in [-0.39, 0.29) is 6.04 Å². The molecule has 3 rings (SSSR count). The highest BCUT2D eigenvalue weighted by atomic mass is 35.5. The van der Waals surface area contributed by atoms with Crippen molar-refractivity contribution in [3.63, 3.8) is 0 Å². The summed E-state index contributed by atoms with van der Waals surface area (Å²) in [5.41, 5.74) is 7.29. The molecule has 2 aliphatic rings. The number of fused-ring (bicyclic) bond motifs is 1. The fourth-order valence-electron chi connectivity index (χ4n) is 4.06. The van der Waals surface area contributed by atoms with Gasteiger partial charge in [0.1, 0.15) is 0 Å². The smallest absolute Gasteiger partial charge is 0.0595 e. The highest BCUT2D eigenvalue weighted by Crippen LogP contribution is 2.41. The Balaban J connectivity index is 1.86. The van der Waals surface area contributed by atoms with E-state index in [0.717, 1.165) is 12.5 Å². The third kappa shape index (κ3) is 2.71. The van der Waals surface area contributed by atoms with E-state index < -0.39 is 0 Å². The third-order valence-electron chi connectivity index (χ3n) is 4.99. The zero-order chi connectivity index (χ0) is 14.1. The molecule has 4 heteroatoms. The molecule has 2 N–H and O–H groups in total. The fraction of sp³-hybridized carbons (Fsp3) is 0.625. The fourth-order valence-corrected chi connectivity index (χ4v) is 4.37. The van der Waals surface area contributed by atoms with Crippen molar-refractivity contribution in [2.75, 3.05) is 13.1 Å². The van der Waals surface area contributed by atoms with E-state index in [1.54, 1.807) is 0 Å². The summed E-state index contributed by atoms with van der Waals surface area (Å²) in [5.74, 6) is 0.876. The molecular weight excluding hydrogens is 291 g/mol. The second kappa shape index (κ2) is 6.23. The van der Waals surface area contributed by atoms with E-state index in [4.69, 9.17) is 28.9 Å². The molecule has 0 radical (unpaired) electrons. The molecule has 1 saturated carbocycles. The zero-order valence-corrected chi connectivity index (χ0v) is 13.2. The summed E-state index contributed by atoms with van der Waals surface area (Å²) in [6, 6.07) is 6.94. The van der Waals surface area contributed by atoms with Crippen LogP contribution in [0.2, 0.25) is 10.0 Å². The highest BCUT2D eigenvalue weighted by Gasteiger charge is 2.38. The van der Waals surface area contributed by atoms with E-state index in [0.29, 0.717) is 22.6 Å². The SMILES string of the molecule is NCC(c1ccc(Cl)c(Cl)c1)N1CCCC2CCCC21. The van der Waals surface area contributed by atoms with E-state index in [2.05, 4.69) is 11.0 Å². The molecule has 3 unspecified atom stereocenters. The number of halogens is 2. The predicted octanol–water partition coefficient (Wildman–Crippen LogP) is 4.26. The van der Waals surface area contributed by atoms with Gasteiger partial charge in [0.2, 0.25) is 0 Å². The summed E-state index contributed by atoms with van der Waals surface area (Å²) in [6.45, 7) is 1.80. The van der Waals surface area contributed by atoms with Gasteiger partial charge in [-0.2, -0.15) is 0 Å². The van der Waals surface area contributed by atoms with Crippen molar-refractivity contribution in [1.29, 1.82) is 0 Å². The molecule has 20 heavy (non-hydrogen) atoms. The van der Waals surface area contributed by atoms with Gasteiger partial charge in [-0.15, -0.1) is 0 Å². The molecule has 0 spiro atoms. The highest BCUT2D eigenvalue weighted by molar-refractivity contribution is 6.42. The Bertz CT molecular complexity index is 478. The van der Waals surface area contributed by atoms with Crippen molar-refractivity contribution in [2.24, 2.45) is 11.7 Å². The van der Waals surface area contributed by atoms with Crippen LogP contribution in [0.1, 0.15) is 43.7 Å². The first-order valence-electron chi connectivity index (χ1n) is 7.61. The van der Waals surface area contributed by atoms with Gasteiger partial charge in [-0.3, -0.25) is 4.90 Å². The Morgan fingerprint density at radius 1 is 1.15 bits per heavy atom. The maximum atomic E-state index is 6.17. The van der Waals surface area contributed by atoms with Crippen LogP contribution in [0.4, 0.5) is 0 Å². The van der Waals surface area contributed by atoms with Crippen molar-refractivity contribution >= 4 is 23.2 Å². The standard InChI is InChI=1S/C16H22Cl2N2/c17-13-7-6-12(9-14(13)18)16(10-19)20-8-2-4-11-3-1-5-15(11)20/h6-7,9,11,15-16H,1-5,8,10,19H2. The number of hydrogen-bond donors (Lipinski definition) is 1. The van der Waals surface area contributed by atoms with Crippen LogP contribution in [0.15, 0.2) is 18.2 Å². The summed E-state index contributed by atoms with van der Waals surface area (Å²) in [5, 5.41) is 1.24. The number of piperidine rings is 1. The molecular formula is C16H22Cl2N2. The minimum Gasteiger partial charge on any atom is -0.329 e. The lowest BCUT2D eigenvalue weighted by molar-refractivity contribution is 0.0701. The van der Waals surface area contributed by atoms with Gasteiger partial charge in [-0.25, -0.2) is 0 Å². The van der Waals surface area contributed by atoms with Crippen LogP contribution < -0.4 is 5.73 Å². The second-order valence-electron chi connectivity index (χ2n) is 6.06. The molecule has 110 valence electrons. The quantitative estimate of drug-likeness (QED) is 0.903. The van der Waals surface area contributed by atoms with E-state index >= 15 is 0 Å². The molecule has 0 bridgehead atoms. The molecule has 1 heterocycles. The Kier molecular flexibility index (Phi) is 4.56. The predicted molar refractivity (Wildman–Crippen MR) is 85.3 cm³/mol. The first-order chi connectivity index (χ1) is 9.70. The number of nitrogens with two attached hydrogens (primary N) is 1. The maximum Gasteiger partial charge on any atom is 0.0595 e. The minimum absolute atomic E-state index is 0.274. The van der Waals surface area contributed by atoms with Gasteiger partial charge < -0.3 is 5.73 Å². The molecule has 3 atom stereocenters. The van der Waals surface area contributed by atoms with Crippen LogP contribution in [0.3, 0.4) is 0 Å². The van der Waals surface area contributed by atoms with Crippen molar-refractivity contribution in [1.82, 2.24) is 4.90 Å². The van der Waals surface area contributed by atoms with E-state index in [1.165, 1.54) is 37.7 Å². The zero-order valence-electron chi connectivity index (χ0n) is 11.7. The van der Waals surface area contributed by atoms with Crippen molar-refractivity contribution < 1.29 is 0 Å². The number of rotatable bonds is 3. The number of benzene rings is 1. The van der Waals surface area contributed by atoms with Crippen LogP contribution >= 0.6 is 23.2 Å². The molecule has 0 aromatic heterocycles. The van der Waals surface area contributed by atoms with Gasteiger partial charge in [0, 0.05) is 18.6 Å². The molecule has 1 aliphatic heterocycles. The third-order valence-corrected chi connectivity index (χ3v) is 5.73. The number of nitrogens with zero attached hydrogens (tertiary/aromatic N) is 1. The van der Waals surface area contributed by atoms with Crippen molar-refractivity contribution in [2.45, 2.75) is 44.2 Å². The summed E-state index contributed by atoms with van der Waals surface area (Å²) in [7, 11) is 0. The van der Waals surface area contributed by atoms with Crippen LogP contribution in [0.5, 0.6) is 0 Å². The molecule has 2 fully saturated rings. The second-order valence-corrected chi connectivity index (χ2v) is 6.88. The van der Waals surface area contributed by atoms with E-state index in [9.17, 15) is 0 Å². The molecule has 1 aliphatic carbocycles. The van der Waals surface area contributed by atoms with Crippen LogP contribution in [-0.2, 0) is 0 Å². The van der Waals surface area contributed by atoms with Gasteiger partial charge >= 0.3 is 0 Å². The van der Waals surface area contributed by atoms with Crippen LogP contribution in [-0.4, -0.2) is 24.0 Å². The Hall–Kier alpha value is -0.280. The lowest BCUT2D eigenvalue weighted by Crippen LogP contribution is -2.46.